The van der Waals surface area contributed by atoms with Gasteiger partial charge < -0.3 is 4.90 Å². The zero-order chi connectivity index (χ0) is 21.8. The van der Waals surface area contributed by atoms with Gasteiger partial charge >= 0.3 is 0 Å². The molecule has 31 heavy (non-hydrogen) atoms. The highest BCUT2D eigenvalue weighted by Gasteiger charge is 2.31. The first kappa shape index (κ1) is 22.4. The van der Waals surface area contributed by atoms with Crippen LogP contribution in [0.3, 0.4) is 0 Å². The molecule has 1 amide bonds. The monoisotopic (exact) mass is 458 g/mol. The Morgan fingerprint density at radius 1 is 1.00 bits per heavy atom. The van der Waals surface area contributed by atoms with E-state index in [9.17, 15) is 13.2 Å². The van der Waals surface area contributed by atoms with Crippen molar-refractivity contribution in [3.8, 4) is 0 Å². The van der Waals surface area contributed by atoms with Gasteiger partial charge in [-0.3, -0.25) is 4.79 Å². The molecule has 2 aliphatic rings. The van der Waals surface area contributed by atoms with Crippen molar-refractivity contribution in [1.82, 2.24) is 9.21 Å². The van der Waals surface area contributed by atoms with Crippen molar-refractivity contribution in [2.75, 3.05) is 32.4 Å². The van der Waals surface area contributed by atoms with Gasteiger partial charge in [-0.05, 0) is 68.0 Å². The summed E-state index contributed by atoms with van der Waals surface area (Å²) in [7, 11) is -3.61. The molecule has 2 fully saturated rings. The topological polar surface area (TPSA) is 57.7 Å². The number of thioether (sulfide) groups is 1. The molecule has 0 aliphatic carbocycles. The predicted octanol–water partition coefficient (Wildman–Crippen LogP) is 4.29. The van der Waals surface area contributed by atoms with Crippen LogP contribution in [0.25, 0.3) is 0 Å². The SMILES string of the molecule is CSc1ccc(S(=O)(=O)N2CCC(Cc3ccccc3)CC2)cc1C(=O)N1CCCC1. The molecule has 0 N–H and O–H groups in total. The third kappa shape index (κ3) is 4.99. The molecule has 0 radical (unpaired) electrons. The minimum Gasteiger partial charge on any atom is -0.339 e. The summed E-state index contributed by atoms with van der Waals surface area (Å²) in [5, 5.41) is 0. The first-order chi connectivity index (χ1) is 15.0. The number of carbonyl (C=O) groups excluding carboxylic acids is 1. The number of hydrogen-bond donors (Lipinski definition) is 0. The summed E-state index contributed by atoms with van der Waals surface area (Å²) < 4.78 is 28.3. The lowest BCUT2D eigenvalue weighted by Crippen LogP contribution is -2.39. The summed E-state index contributed by atoms with van der Waals surface area (Å²) in [6.45, 7) is 2.55. The smallest absolute Gasteiger partial charge is 0.255 e. The van der Waals surface area contributed by atoms with Crippen molar-refractivity contribution in [2.45, 2.75) is 41.9 Å². The van der Waals surface area contributed by atoms with E-state index in [-0.39, 0.29) is 10.8 Å². The van der Waals surface area contributed by atoms with Gasteiger partial charge in [-0.25, -0.2) is 8.42 Å². The van der Waals surface area contributed by atoms with Crippen molar-refractivity contribution < 1.29 is 13.2 Å². The Morgan fingerprint density at radius 3 is 2.32 bits per heavy atom. The van der Waals surface area contributed by atoms with Crippen molar-refractivity contribution in [3.63, 3.8) is 0 Å². The molecule has 2 aromatic rings. The molecule has 4 rings (SSSR count). The molecule has 0 unspecified atom stereocenters. The predicted molar refractivity (Wildman–Crippen MR) is 125 cm³/mol. The number of sulfonamides is 1. The summed E-state index contributed by atoms with van der Waals surface area (Å²) in [6, 6.07) is 15.4. The van der Waals surface area contributed by atoms with Gasteiger partial charge in [-0.1, -0.05) is 30.3 Å². The van der Waals surface area contributed by atoms with Gasteiger partial charge in [0.15, 0.2) is 0 Å². The molecule has 2 heterocycles. The number of amides is 1. The Labute approximate surface area is 189 Å². The molecule has 0 atom stereocenters. The van der Waals surface area contributed by atoms with Crippen LogP contribution in [-0.4, -0.2) is 56.0 Å². The first-order valence-electron chi connectivity index (χ1n) is 11.0. The summed E-state index contributed by atoms with van der Waals surface area (Å²) in [5.41, 5.74) is 1.82. The molecular weight excluding hydrogens is 428 g/mol. The van der Waals surface area contributed by atoms with Gasteiger partial charge in [0.2, 0.25) is 10.0 Å². The number of rotatable bonds is 6. The van der Waals surface area contributed by atoms with Crippen LogP contribution in [0.1, 0.15) is 41.6 Å². The maximum Gasteiger partial charge on any atom is 0.255 e. The average molecular weight is 459 g/mol. The van der Waals surface area contributed by atoms with E-state index in [0.717, 1.165) is 50.1 Å². The second-order valence-corrected chi connectivity index (χ2v) is 11.2. The van der Waals surface area contributed by atoms with E-state index in [2.05, 4.69) is 12.1 Å². The highest BCUT2D eigenvalue weighted by Crippen LogP contribution is 2.30. The highest BCUT2D eigenvalue weighted by molar-refractivity contribution is 7.98. The minimum atomic E-state index is -3.61. The fourth-order valence-electron chi connectivity index (χ4n) is 4.56. The molecule has 2 saturated heterocycles. The Morgan fingerprint density at radius 2 is 1.68 bits per heavy atom. The molecule has 5 nitrogen and oxygen atoms in total. The normalized spacial score (nSPS) is 18.4. The Balaban J connectivity index is 1.48. The fraction of sp³-hybridized carbons (Fsp3) is 0.458. The van der Waals surface area contributed by atoms with Crippen molar-refractivity contribution in [1.29, 1.82) is 0 Å². The quantitative estimate of drug-likeness (QED) is 0.606. The zero-order valence-electron chi connectivity index (χ0n) is 18.0. The van der Waals surface area contributed by atoms with E-state index in [1.807, 2.05) is 29.4 Å². The maximum atomic E-state index is 13.3. The summed E-state index contributed by atoms with van der Waals surface area (Å²) >= 11 is 1.48. The third-order valence-electron chi connectivity index (χ3n) is 6.37. The summed E-state index contributed by atoms with van der Waals surface area (Å²) in [5.74, 6) is 0.445. The van der Waals surface area contributed by atoms with Gasteiger partial charge in [0.05, 0.1) is 10.5 Å². The molecule has 0 spiro atoms. The van der Waals surface area contributed by atoms with Crippen LogP contribution in [0.5, 0.6) is 0 Å². The largest absolute Gasteiger partial charge is 0.339 e. The van der Waals surface area contributed by atoms with Gasteiger partial charge in [0, 0.05) is 31.1 Å². The van der Waals surface area contributed by atoms with Gasteiger partial charge in [-0.15, -0.1) is 11.8 Å². The van der Waals surface area contributed by atoms with Crippen LogP contribution >= 0.6 is 11.8 Å². The van der Waals surface area contributed by atoms with Crippen LogP contribution in [0.4, 0.5) is 0 Å². The van der Waals surface area contributed by atoms with E-state index in [4.69, 9.17) is 0 Å². The van der Waals surface area contributed by atoms with Crippen molar-refractivity contribution >= 4 is 27.7 Å². The fourth-order valence-corrected chi connectivity index (χ4v) is 6.62. The standard InChI is InChI=1S/C24H30N2O3S2/c1-30-23-10-9-21(18-22(23)24(27)25-13-5-6-14-25)31(28,29)26-15-11-20(12-16-26)17-19-7-3-2-4-8-19/h2-4,7-10,18,20H,5-6,11-17H2,1H3. The maximum absolute atomic E-state index is 13.3. The number of hydrogen-bond acceptors (Lipinski definition) is 4. The second-order valence-electron chi connectivity index (χ2n) is 8.40. The second kappa shape index (κ2) is 9.76. The Hall–Kier alpha value is -1.83. The number of likely N-dealkylation sites (tertiary alicyclic amines) is 1. The molecule has 2 aromatic carbocycles. The van der Waals surface area contributed by atoms with Gasteiger partial charge in [-0.2, -0.15) is 4.31 Å². The zero-order valence-corrected chi connectivity index (χ0v) is 19.6. The van der Waals surface area contributed by atoms with Gasteiger partial charge in [0.25, 0.3) is 5.91 Å². The summed E-state index contributed by atoms with van der Waals surface area (Å²) in [4.78, 5) is 15.9. The minimum absolute atomic E-state index is 0.0551. The van der Waals surface area contributed by atoms with Crippen LogP contribution in [0.2, 0.25) is 0 Å². The van der Waals surface area contributed by atoms with Crippen LogP contribution < -0.4 is 0 Å². The lowest BCUT2D eigenvalue weighted by Gasteiger charge is -2.31. The molecular formula is C24H30N2O3S2. The number of nitrogens with zero attached hydrogens (tertiary/aromatic N) is 2. The average Bonchev–Trinajstić information content (AvgIpc) is 3.34. The number of carbonyl (C=O) groups is 1. The molecule has 166 valence electrons. The van der Waals surface area contributed by atoms with Crippen LogP contribution in [-0.2, 0) is 16.4 Å². The van der Waals surface area contributed by atoms with Crippen molar-refractivity contribution in [3.05, 3.63) is 59.7 Å². The Kier molecular flexibility index (Phi) is 7.04. The molecule has 7 heteroatoms. The van der Waals surface area contributed by atoms with E-state index in [1.54, 1.807) is 22.5 Å². The molecule has 0 saturated carbocycles. The van der Waals surface area contributed by atoms with E-state index < -0.39 is 10.0 Å². The number of benzene rings is 2. The lowest BCUT2D eigenvalue weighted by molar-refractivity contribution is 0.0789. The van der Waals surface area contributed by atoms with Crippen LogP contribution in [0.15, 0.2) is 58.3 Å². The van der Waals surface area contributed by atoms with E-state index >= 15 is 0 Å². The number of piperidine rings is 1. The van der Waals surface area contributed by atoms with Crippen molar-refractivity contribution in [2.24, 2.45) is 5.92 Å². The third-order valence-corrected chi connectivity index (χ3v) is 9.06. The van der Waals surface area contributed by atoms with Crippen LogP contribution in [0, 0.1) is 5.92 Å². The lowest BCUT2D eigenvalue weighted by atomic mass is 9.91. The molecule has 0 aromatic heterocycles. The van der Waals surface area contributed by atoms with E-state index in [0.29, 0.717) is 24.6 Å². The summed E-state index contributed by atoms with van der Waals surface area (Å²) in [6.07, 6.45) is 6.65. The Bertz CT molecular complexity index is 1010. The highest BCUT2D eigenvalue weighted by atomic mass is 32.2. The molecule has 2 aliphatic heterocycles. The van der Waals surface area contributed by atoms with E-state index in [1.165, 1.54) is 17.3 Å². The molecule has 0 bridgehead atoms. The first-order valence-corrected chi connectivity index (χ1v) is 13.7. The van der Waals surface area contributed by atoms with Gasteiger partial charge in [0.1, 0.15) is 0 Å².